The number of nitrogens with zero attached hydrogens (tertiary/aromatic N) is 3. The van der Waals surface area contributed by atoms with Crippen LogP contribution in [0.1, 0.15) is 41.8 Å². The van der Waals surface area contributed by atoms with Gasteiger partial charge in [0.25, 0.3) is 0 Å². The summed E-state index contributed by atoms with van der Waals surface area (Å²) in [5.74, 6) is 0. The molecule has 36 heavy (non-hydrogen) atoms. The highest BCUT2D eigenvalue weighted by Crippen LogP contribution is 2.43. The molecule has 1 aromatic carbocycles. The molecule has 5 rings (SSSR count). The van der Waals surface area contributed by atoms with E-state index in [1.807, 2.05) is 6.07 Å². The first-order valence-corrected chi connectivity index (χ1v) is 13.3. The molecular formula is C27H31Cl2F3N3O+. The lowest BCUT2D eigenvalue weighted by Gasteiger charge is -2.42. The van der Waals surface area contributed by atoms with E-state index in [1.54, 1.807) is 6.07 Å². The summed E-state index contributed by atoms with van der Waals surface area (Å²) in [5.41, 5.74) is 4.80. The number of pyridine rings is 1. The third-order valence-electron chi connectivity index (χ3n) is 7.98. The van der Waals surface area contributed by atoms with Crippen LogP contribution < -0.4 is 0 Å². The average molecular weight is 541 g/mol. The van der Waals surface area contributed by atoms with Crippen LogP contribution in [0.2, 0.25) is 10.0 Å². The van der Waals surface area contributed by atoms with Gasteiger partial charge >= 0.3 is 6.18 Å². The topological polar surface area (TPSA) is 36.4 Å². The maximum atomic E-state index is 13.2. The average Bonchev–Trinajstić information content (AvgIpc) is 3.34. The number of likely N-dealkylation sites (N-methyl/N-ethyl adjacent to an activating group) is 1. The summed E-state index contributed by atoms with van der Waals surface area (Å²) >= 11 is 12.1. The van der Waals surface area contributed by atoms with Crippen LogP contribution in [0.15, 0.2) is 35.9 Å². The predicted octanol–water partition coefficient (Wildman–Crippen LogP) is 5.64. The first kappa shape index (κ1) is 26.0. The van der Waals surface area contributed by atoms with Gasteiger partial charge in [-0.3, -0.25) is 4.90 Å². The summed E-state index contributed by atoms with van der Waals surface area (Å²) < 4.78 is 40.5. The van der Waals surface area contributed by atoms with Crippen molar-refractivity contribution in [2.45, 2.75) is 50.4 Å². The molecule has 2 aromatic rings. The molecule has 9 heteroatoms. The lowest BCUT2D eigenvalue weighted by atomic mass is 9.91. The van der Waals surface area contributed by atoms with Gasteiger partial charge in [0.1, 0.15) is 12.6 Å². The van der Waals surface area contributed by atoms with Gasteiger partial charge in [0, 0.05) is 23.7 Å². The zero-order valence-corrected chi connectivity index (χ0v) is 21.8. The van der Waals surface area contributed by atoms with E-state index in [0.29, 0.717) is 18.5 Å². The second kappa shape index (κ2) is 9.91. The molecule has 194 valence electrons. The molecule has 1 N–H and O–H groups in total. The second-order valence-corrected chi connectivity index (χ2v) is 11.5. The first-order valence-electron chi connectivity index (χ1n) is 12.5. The van der Waals surface area contributed by atoms with Crippen molar-refractivity contribution in [1.29, 1.82) is 0 Å². The SMILES string of the molecule is C[N+]1(CC2C3=C(CCN2CCCc2ccc(Cl)c(C(F)(F)F)n2)c2cc(Cl)ccc2C3)CCC(O)C1. The summed E-state index contributed by atoms with van der Waals surface area (Å²) in [6.07, 6.45) is -1.02. The zero-order chi connectivity index (χ0) is 25.7. The van der Waals surface area contributed by atoms with Crippen molar-refractivity contribution in [1.82, 2.24) is 9.88 Å². The van der Waals surface area contributed by atoms with Crippen LogP contribution in [0, 0.1) is 0 Å². The maximum Gasteiger partial charge on any atom is 0.434 e. The number of aromatic nitrogens is 1. The standard InChI is InChI=1S/C27H31Cl2F3N3O/c1-35(12-9-20(36)15-35)16-25-23-13-17-4-5-18(28)14-22(17)21(23)8-11-34(25)10-2-3-19-6-7-24(29)26(33-19)27(30,31)32/h4-7,14,20,25,36H,2-3,8-13,15-16H2,1H3/q+1. The summed E-state index contributed by atoms with van der Waals surface area (Å²) in [4.78, 5) is 6.30. The highest BCUT2D eigenvalue weighted by Gasteiger charge is 2.42. The monoisotopic (exact) mass is 540 g/mol. The van der Waals surface area contributed by atoms with E-state index in [0.717, 1.165) is 61.5 Å². The Labute approximate surface area is 219 Å². The van der Waals surface area contributed by atoms with Gasteiger partial charge in [0.2, 0.25) is 0 Å². The number of hydrogen-bond donors (Lipinski definition) is 1. The molecule has 3 aliphatic rings. The van der Waals surface area contributed by atoms with E-state index in [1.165, 1.54) is 28.3 Å². The van der Waals surface area contributed by atoms with E-state index in [4.69, 9.17) is 23.2 Å². The third kappa shape index (κ3) is 5.32. The van der Waals surface area contributed by atoms with Crippen molar-refractivity contribution in [2.75, 3.05) is 39.8 Å². The summed E-state index contributed by atoms with van der Waals surface area (Å²) in [6, 6.07) is 9.24. The van der Waals surface area contributed by atoms with Crippen molar-refractivity contribution >= 4 is 28.8 Å². The van der Waals surface area contributed by atoms with E-state index in [2.05, 4.69) is 29.1 Å². The van der Waals surface area contributed by atoms with Gasteiger partial charge in [-0.05, 0) is 78.8 Å². The van der Waals surface area contributed by atoms with Crippen LogP contribution in [-0.2, 0) is 19.0 Å². The Hall–Kier alpha value is -1.64. The van der Waals surface area contributed by atoms with Gasteiger partial charge in [0.05, 0.1) is 31.2 Å². The highest BCUT2D eigenvalue weighted by molar-refractivity contribution is 6.31. The minimum Gasteiger partial charge on any atom is -0.387 e. The first-order chi connectivity index (χ1) is 17.0. The van der Waals surface area contributed by atoms with Gasteiger partial charge in [-0.15, -0.1) is 0 Å². The molecule has 3 unspecified atom stereocenters. The fourth-order valence-corrected chi connectivity index (χ4v) is 6.61. The third-order valence-corrected chi connectivity index (χ3v) is 8.52. The van der Waals surface area contributed by atoms with Gasteiger partial charge in [0.15, 0.2) is 5.69 Å². The smallest absolute Gasteiger partial charge is 0.387 e. The van der Waals surface area contributed by atoms with Gasteiger partial charge in [-0.2, -0.15) is 13.2 Å². The van der Waals surface area contributed by atoms with Crippen molar-refractivity contribution in [3.63, 3.8) is 0 Å². The Morgan fingerprint density at radius 2 is 2.00 bits per heavy atom. The van der Waals surface area contributed by atoms with E-state index in [9.17, 15) is 18.3 Å². The maximum absolute atomic E-state index is 13.2. The molecule has 3 heterocycles. The zero-order valence-electron chi connectivity index (χ0n) is 20.3. The molecule has 0 amide bonds. The number of likely N-dealkylation sites (tertiary alicyclic amines) is 1. The molecular weight excluding hydrogens is 510 g/mol. The van der Waals surface area contributed by atoms with Crippen LogP contribution in [0.3, 0.4) is 0 Å². The molecule has 1 fully saturated rings. The summed E-state index contributed by atoms with van der Waals surface area (Å²) in [6.45, 7) is 4.27. The second-order valence-electron chi connectivity index (χ2n) is 10.7. The number of aliphatic hydroxyl groups is 1. The van der Waals surface area contributed by atoms with Gasteiger partial charge in [-0.1, -0.05) is 29.3 Å². The van der Waals surface area contributed by atoms with E-state index in [-0.39, 0.29) is 17.2 Å². The van der Waals surface area contributed by atoms with Crippen LogP contribution in [-0.4, -0.2) is 71.4 Å². The molecule has 1 saturated heterocycles. The Morgan fingerprint density at radius 1 is 1.19 bits per heavy atom. The Balaban J connectivity index is 1.34. The van der Waals surface area contributed by atoms with Crippen molar-refractivity contribution < 1.29 is 22.8 Å². The Kier molecular flexibility index (Phi) is 7.16. The number of benzene rings is 1. The lowest BCUT2D eigenvalue weighted by Crippen LogP contribution is -2.54. The number of aliphatic hydroxyl groups excluding tert-OH is 1. The fraction of sp³-hybridized carbons (Fsp3) is 0.519. The molecule has 0 spiro atoms. The quantitative estimate of drug-likeness (QED) is 0.482. The van der Waals surface area contributed by atoms with Crippen molar-refractivity contribution in [2.24, 2.45) is 0 Å². The van der Waals surface area contributed by atoms with Crippen LogP contribution in [0.25, 0.3) is 5.57 Å². The number of rotatable bonds is 6. The molecule has 1 aromatic heterocycles. The fourth-order valence-electron chi connectivity index (χ4n) is 6.23. The molecule has 3 atom stereocenters. The van der Waals surface area contributed by atoms with Crippen LogP contribution >= 0.6 is 23.2 Å². The number of hydrogen-bond acceptors (Lipinski definition) is 3. The minimum absolute atomic E-state index is 0.221. The molecule has 2 aliphatic heterocycles. The molecule has 0 saturated carbocycles. The molecule has 1 aliphatic carbocycles. The van der Waals surface area contributed by atoms with E-state index >= 15 is 0 Å². The van der Waals surface area contributed by atoms with Gasteiger partial charge < -0.3 is 9.59 Å². The lowest BCUT2D eigenvalue weighted by molar-refractivity contribution is -0.900. The minimum atomic E-state index is -4.56. The number of aryl methyl sites for hydroxylation is 1. The normalized spacial score (nSPS) is 26.4. The van der Waals surface area contributed by atoms with Crippen LogP contribution in [0.4, 0.5) is 13.2 Å². The summed E-state index contributed by atoms with van der Waals surface area (Å²) in [5, 5.41) is 10.6. The number of fused-ring (bicyclic) bond motifs is 2. The highest BCUT2D eigenvalue weighted by atomic mass is 35.5. The Bertz CT molecular complexity index is 1190. The summed E-state index contributed by atoms with van der Waals surface area (Å²) in [7, 11) is 2.22. The van der Waals surface area contributed by atoms with E-state index < -0.39 is 11.9 Å². The van der Waals surface area contributed by atoms with Crippen molar-refractivity contribution in [3.05, 3.63) is 68.5 Å². The van der Waals surface area contributed by atoms with Gasteiger partial charge in [-0.25, -0.2) is 4.98 Å². The predicted molar refractivity (Wildman–Crippen MR) is 136 cm³/mol. The molecule has 0 radical (unpaired) electrons. The van der Waals surface area contributed by atoms with Crippen LogP contribution in [0.5, 0.6) is 0 Å². The number of alkyl halides is 3. The molecule has 0 bridgehead atoms. The number of quaternary nitrogens is 1. The largest absolute Gasteiger partial charge is 0.434 e. The Morgan fingerprint density at radius 3 is 2.72 bits per heavy atom. The van der Waals surface area contributed by atoms with Crippen molar-refractivity contribution in [3.8, 4) is 0 Å². The number of halogens is 5. The molecule has 4 nitrogen and oxygen atoms in total.